The largest absolute Gasteiger partial charge is 0.365 e. The Bertz CT molecular complexity index is 219. The summed E-state index contributed by atoms with van der Waals surface area (Å²) in [6, 6.07) is 0.372. The first-order valence-electron chi connectivity index (χ1n) is 5.43. The van der Waals surface area contributed by atoms with Gasteiger partial charge in [-0.2, -0.15) is 0 Å². The molecule has 2 atom stereocenters. The molecule has 4 heteroatoms. The van der Waals surface area contributed by atoms with Crippen molar-refractivity contribution in [2.24, 2.45) is 5.92 Å². The van der Waals surface area contributed by atoms with Crippen LogP contribution in [0.1, 0.15) is 20.3 Å². The van der Waals surface area contributed by atoms with Gasteiger partial charge in [0.25, 0.3) is 0 Å². The molecule has 1 fully saturated rings. The van der Waals surface area contributed by atoms with E-state index in [9.17, 15) is 4.39 Å². The highest BCUT2D eigenvalue weighted by Gasteiger charge is 2.28. The van der Waals surface area contributed by atoms with Crippen molar-refractivity contribution in [2.75, 3.05) is 13.1 Å². The van der Waals surface area contributed by atoms with Gasteiger partial charge in [-0.25, -0.2) is 4.39 Å². The third-order valence-corrected chi connectivity index (χ3v) is 2.88. The van der Waals surface area contributed by atoms with Crippen LogP contribution in [0.2, 0.25) is 0 Å². The average Bonchev–Trinajstić information content (AvgIpc) is 2.15. The monoisotopic (exact) mass is 217 g/mol. The van der Waals surface area contributed by atoms with Crippen LogP contribution < -0.4 is 0 Å². The molecular weight excluding hydrogens is 197 g/mol. The fourth-order valence-corrected chi connectivity index (χ4v) is 1.87. The van der Waals surface area contributed by atoms with Crippen LogP contribution in [0.4, 0.5) is 4.39 Å². The maximum atomic E-state index is 13.7. The van der Waals surface area contributed by atoms with E-state index in [1.807, 2.05) is 0 Å². The molecule has 0 aromatic rings. The molecule has 2 unspecified atom stereocenters. The zero-order chi connectivity index (χ0) is 11.4. The van der Waals surface area contributed by atoms with E-state index < -0.39 is 12.5 Å². The van der Waals surface area contributed by atoms with Crippen LogP contribution in [0.25, 0.3) is 0 Å². The van der Waals surface area contributed by atoms with Gasteiger partial charge in [-0.1, -0.05) is 6.08 Å². The van der Waals surface area contributed by atoms with Gasteiger partial charge in [0, 0.05) is 18.5 Å². The lowest BCUT2D eigenvalue weighted by Crippen LogP contribution is -2.44. The van der Waals surface area contributed by atoms with E-state index in [-0.39, 0.29) is 5.92 Å². The summed E-state index contributed by atoms with van der Waals surface area (Å²) in [7, 11) is 0. The van der Waals surface area contributed by atoms with Crippen molar-refractivity contribution in [3.05, 3.63) is 12.2 Å². The highest BCUT2D eigenvalue weighted by Crippen LogP contribution is 2.23. The van der Waals surface area contributed by atoms with Gasteiger partial charge in [-0.15, -0.1) is 0 Å². The highest BCUT2D eigenvalue weighted by molar-refractivity contribution is 4.97. The Hall–Kier alpha value is -0.450. The predicted molar refractivity (Wildman–Crippen MR) is 57.1 cm³/mol. The lowest BCUT2D eigenvalue weighted by atomic mass is 9.93. The number of piperidine rings is 1. The predicted octanol–water partition coefficient (Wildman–Crippen LogP) is 0.922. The summed E-state index contributed by atoms with van der Waals surface area (Å²) in [6.45, 7) is 5.42. The van der Waals surface area contributed by atoms with Crippen LogP contribution in [0, 0.1) is 5.92 Å². The molecule has 1 aliphatic rings. The molecule has 1 rings (SSSR count). The lowest BCUT2D eigenvalue weighted by molar-refractivity contribution is 0.00122. The van der Waals surface area contributed by atoms with Crippen molar-refractivity contribution in [3.8, 4) is 0 Å². The minimum Gasteiger partial charge on any atom is -0.365 e. The van der Waals surface area contributed by atoms with Gasteiger partial charge in [-0.3, -0.25) is 4.90 Å². The number of alkyl halides is 1. The number of aliphatic hydroxyl groups excluding tert-OH is 1. The minimum atomic E-state index is -1.47. The lowest BCUT2D eigenvalue weighted by Gasteiger charge is -2.35. The first-order valence-corrected chi connectivity index (χ1v) is 5.43. The maximum absolute atomic E-state index is 13.7. The van der Waals surface area contributed by atoms with E-state index >= 15 is 0 Å². The molecule has 1 saturated heterocycles. The summed E-state index contributed by atoms with van der Waals surface area (Å²) in [6.07, 6.45) is 1.18. The summed E-state index contributed by atoms with van der Waals surface area (Å²) in [5, 5.41) is 17.3. The van der Waals surface area contributed by atoms with Crippen molar-refractivity contribution in [3.63, 3.8) is 0 Å². The molecule has 1 aliphatic heterocycles. The second-order valence-corrected chi connectivity index (χ2v) is 4.36. The van der Waals surface area contributed by atoms with Crippen molar-refractivity contribution in [1.29, 1.82) is 0 Å². The van der Waals surface area contributed by atoms with Gasteiger partial charge < -0.3 is 10.2 Å². The smallest absolute Gasteiger partial charge is 0.171 e. The number of aliphatic hydroxyl groups is 2. The number of allylic oxidation sites excluding steroid dienone is 1. The quantitative estimate of drug-likeness (QED) is 0.546. The van der Waals surface area contributed by atoms with Gasteiger partial charge in [0.1, 0.15) is 6.17 Å². The van der Waals surface area contributed by atoms with Crippen LogP contribution in [0.3, 0.4) is 0 Å². The Morgan fingerprint density at radius 2 is 2.07 bits per heavy atom. The third kappa shape index (κ3) is 3.89. The van der Waals surface area contributed by atoms with Gasteiger partial charge in [0.15, 0.2) is 6.29 Å². The normalized spacial score (nSPS) is 29.5. The number of likely N-dealkylation sites (tertiary alicyclic amines) is 1. The topological polar surface area (TPSA) is 43.7 Å². The van der Waals surface area contributed by atoms with Crippen LogP contribution in [-0.4, -0.2) is 46.7 Å². The summed E-state index contributed by atoms with van der Waals surface area (Å²) < 4.78 is 13.7. The van der Waals surface area contributed by atoms with Crippen LogP contribution in [0.15, 0.2) is 12.2 Å². The van der Waals surface area contributed by atoms with E-state index in [4.69, 9.17) is 10.2 Å². The van der Waals surface area contributed by atoms with E-state index in [2.05, 4.69) is 18.7 Å². The third-order valence-electron chi connectivity index (χ3n) is 2.88. The molecule has 2 N–H and O–H groups in total. The van der Waals surface area contributed by atoms with Crippen LogP contribution >= 0.6 is 0 Å². The Balaban J connectivity index is 2.45. The van der Waals surface area contributed by atoms with E-state index in [0.29, 0.717) is 12.6 Å². The summed E-state index contributed by atoms with van der Waals surface area (Å²) in [5.41, 5.74) is 0. The minimum absolute atomic E-state index is 0.179. The van der Waals surface area contributed by atoms with Crippen molar-refractivity contribution in [1.82, 2.24) is 4.90 Å². The molecule has 0 radical (unpaired) electrons. The zero-order valence-corrected chi connectivity index (χ0v) is 9.31. The Morgan fingerprint density at radius 3 is 2.53 bits per heavy atom. The van der Waals surface area contributed by atoms with Gasteiger partial charge in [-0.05, 0) is 32.9 Å². The molecule has 3 nitrogen and oxygen atoms in total. The maximum Gasteiger partial charge on any atom is 0.171 e. The summed E-state index contributed by atoms with van der Waals surface area (Å²) in [5.74, 6) is -0.179. The van der Waals surface area contributed by atoms with Gasteiger partial charge in [0.05, 0.1) is 0 Å². The first-order chi connectivity index (χ1) is 7.00. The van der Waals surface area contributed by atoms with Crippen LogP contribution in [0.5, 0.6) is 0 Å². The van der Waals surface area contributed by atoms with Crippen molar-refractivity contribution in [2.45, 2.75) is 38.8 Å². The molecule has 0 bridgehead atoms. The molecule has 0 saturated carbocycles. The molecule has 0 amide bonds. The van der Waals surface area contributed by atoms with Crippen LogP contribution in [-0.2, 0) is 0 Å². The summed E-state index contributed by atoms with van der Waals surface area (Å²) in [4.78, 5) is 2.10. The van der Waals surface area contributed by atoms with Gasteiger partial charge >= 0.3 is 0 Å². The number of rotatable bonds is 3. The Morgan fingerprint density at radius 1 is 1.40 bits per heavy atom. The summed E-state index contributed by atoms with van der Waals surface area (Å²) >= 11 is 0. The fraction of sp³-hybridized carbons (Fsp3) is 0.818. The fourth-order valence-electron chi connectivity index (χ4n) is 1.87. The molecule has 0 aromatic heterocycles. The number of nitrogens with zero attached hydrogens (tertiary/aromatic N) is 1. The second-order valence-electron chi connectivity index (χ2n) is 4.36. The van der Waals surface area contributed by atoms with E-state index in [1.165, 1.54) is 6.08 Å². The molecule has 0 spiro atoms. The molecule has 1 heterocycles. The molecular formula is C11H20FNO2. The van der Waals surface area contributed by atoms with Crippen molar-refractivity contribution < 1.29 is 14.6 Å². The Labute approximate surface area is 90.2 Å². The number of hydrogen-bond donors (Lipinski definition) is 2. The first kappa shape index (κ1) is 12.6. The van der Waals surface area contributed by atoms with E-state index in [0.717, 1.165) is 13.0 Å². The Kier molecular flexibility index (Phi) is 4.70. The van der Waals surface area contributed by atoms with Crippen molar-refractivity contribution >= 4 is 0 Å². The number of hydrogen-bond acceptors (Lipinski definition) is 3. The SMILES string of the molecule is CC(C)N1CCC(/C=C/C(O)O)C(F)C1. The number of halogens is 1. The van der Waals surface area contributed by atoms with Gasteiger partial charge in [0.2, 0.25) is 0 Å². The highest BCUT2D eigenvalue weighted by atomic mass is 19.1. The molecule has 0 aliphatic carbocycles. The second kappa shape index (κ2) is 5.58. The zero-order valence-electron chi connectivity index (χ0n) is 9.31. The van der Waals surface area contributed by atoms with E-state index in [1.54, 1.807) is 6.08 Å². The molecule has 0 aromatic carbocycles. The molecule has 15 heavy (non-hydrogen) atoms. The standard InChI is InChI=1S/C11H20FNO2/c1-8(2)13-6-5-9(10(12)7-13)3-4-11(14)15/h3-4,8-11,14-15H,5-7H2,1-2H3/b4-3+. The molecule has 88 valence electrons. The average molecular weight is 217 g/mol.